The van der Waals surface area contributed by atoms with Crippen LogP contribution in [0.5, 0.6) is 0 Å². The Kier molecular flexibility index (Phi) is 6.14. The molecule has 0 unspecified atom stereocenters. The summed E-state index contributed by atoms with van der Waals surface area (Å²) in [5, 5.41) is 2.95. The number of pyridine rings is 1. The number of rotatable bonds is 6. The van der Waals surface area contributed by atoms with Gasteiger partial charge in [0.2, 0.25) is 0 Å². The molecule has 0 aliphatic carbocycles. The third-order valence-corrected chi connectivity index (χ3v) is 4.62. The molecule has 25 heavy (non-hydrogen) atoms. The number of likely N-dealkylation sites (tertiary alicyclic amines) is 1. The van der Waals surface area contributed by atoms with Crippen LogP contribution in [0.3, 0.4) is 0 Å². The Morgan fingerprint density at radius 1 is 1.08 bits per heavy atom. The van der Waals surface area contributed by atoms with E-state index in [4.69, 9.17) is 5.73 Å². The molecule has 1 aliphatic rings. The summed E-state index contributed by atoms with van der Waals surface area (Å²) in [6.45, 7) is 4.28. The molecule has 3 rings (SSSR count). The van der Waals surface area contributed by atoms with E-state index in [1.165, 1.54) is 37.9 Å². The third-order valence-electron chi connectivity index (χ3n) is 4.62. The molecule has 5 heteroatoms. The number of hydrogen-bond acceptors (Lipinski definition) is 4. The van der Waals surface area contributed by atoms with Crippen LogP contribution in [0.15, 0.2) is 42.6 Å². The molecule has 1 saturated heterocycles. The second-order valence-corrected chi connectivity index (χ2v) is 6.58. The molecule has 0 spiro atoms. The van der Waals surface area contributed by atoms with Gasteiger partial charge in [-0.2, -0.15) is 0 Å². The van der Waals surface area contributed by atoms with E-state index >= 15 is 0 Å². The minimum Gasteiger partial charge on any atom is -0.348 e. The van der Waals surface area contributed by atoms with E-state index in [-0.39, 0.29) is 5.91 Å². The first-order chi connectivity index (χ1) is 12.2. The smallest absolute Gasteiger partial charge is 0.251 e. The molecule has 1 aliphatic heterocycles. The van der Waals surface area contributed by atoms with Crippen molar-refractivity contribution in [3.05, 3.63) is 65.0 Å². The van der Waals surface area contributed by atoms with Gasteiger partial charge in [0.05, 0.1) is 5.69 Å². The lowest BCUT2D eigenvalue weighted by Crippen LogP contribution is -2.29. The van der Waals surface area contributed by atoms with Crippen molar-refractivity contribution >= 4 is 5.91 Å². The molecule has 0 bridgehead atoms. The van der Waals surface area contributed by atoms with Gasteiger partial charge in [0.1, 0.15) is 0 Å². The van der Waals surface area contributed by atoms with Crippen molar-refractivity contribution in [1.29, 1.82) is 0 Å². The highest BCUT2D eigenvalue weighted by molar-refractivity contribution is 5.94. The van der Waals surface area contributed by atoms with Crippen molar-refractivity contribution in [2.24, 2.45) is 5.73 Å². The number of piperidine rings is 1. The molecule has 5 nitrogen and oxygen atoms in total. The number of amides is 1. The maximum atomic E-state index is 12.2. The quantitative estimate of drug-likeness (QED) is 0.849. The van der Waals surface area contributed by atoms with E-state index in [9.17, 15) is 4.79 Å². The molecule has 1 aromatic carbocycles. The minimum atomic E-state index is -0.102. The summed E-state index contributed by atoms with van der Waals surface area (Å²) >= 11 is 0. The Labute approximate surface area is 149 Å². The molecule has 1 aromatic heterocycles. The molecule has 3 N–H and O–H groups in total. The van der Waals surface area contributed by atoms with Crippen molar-refractivity contribution in [2.45, 2.75) is 38.9 Å². The normalized spacial score (nSPS) is 15.1. The van der Waals surface area contributed by atoms with Crippen LogP contribution in [0.1, 0.15) is 46.4 Å². The van der Waals surface area contributed by atoms with Crippen LogP contribution in [-0.4, -0.2) is 28.9 Å². The van der Waals surface area contributed by atoms with Crippen LogP contribution in [-0.2, 0) is 19.6 Å². The molecule has 1 amide bonds. The van der Waals surface area contributed by atoms with Crippen LogP contribution in [0.2, 0.25) is 0 Å². The molecule has 2 heterocycles. The molecule has 0 atom stereocenters. The van der Waals surface area contributed by atoms with E-state index in [0.717, 1.165) is 17.8 Å². The van der Waals surface area contributed by atoms with E-state index in [1.54, 1.807) is 18.3 Å². The molecular formula is C20H26N4O. The Morgan fingerprint density at radius 3 is 2.52 bits per heavy atom. The Bertz CT molecular complexity index is 693. The van der Waals surface area contributed by atoms with Crippen LogP contribution in [0.25, 0.3) is 0 Å². The molecule has 1 fully saturated rings. The maximum Gasteiger partial charge on any atom is 0.251 e. The predicted octanol–water partition coefficient (Wildman–Crippen LogP) is 2.46. The standard InChI is InChI=1S/C20H26N4O/c21-13-19-12-18(8-9-22-19)20(25)23-14-16-4-6-17(7-5-16)15-24-10-2-1-3-11-24/h4-9,12H,1-3,10-11,13-15,21H2,(H,23,25). The number of nitrogens with two attached hydrogens (primary N) is 1. The topological polar surface area (TPSA) is 71.2 Å². The summed E-state index contributed by atoms with van der Waals surface area (Å²) in [5.74, 6) is -0.102. The van der Waals surface area contributed by atoms with Crippen molar-refractivity contribution < 1.29 is 4.79 Å². The van der Waals surface area contributed by atoms with Crippen LogP contribution in [0, 0.1) is 0 Å². The number of carbonyl (C=O) groups is 1. The summed E-state index contributed by atoms with van der Waals surface area (Å²) in [7, 11) is 0. The largest absolute Gasteiger partial charge is 0.348 e. The highest BCUT2D eigenvalue weighted by atomic mass is 16.1. The zero-order valence-corrected chi connectivity index (χ0v) is 14.6. The van der Waals surface area contributed by atoms with E-state index in [1.807, 2.05) is 0 Å². The molecule has 2 aromatic rings. The van der Waals surface area contributed by atoms with Gasteiger partial charge in [-0.15, -0.1) is 0 Å². The summed E-state index contributed by atoms with van der Waals surface area (Å²) in [4.78, 5) is 18.8. The lowest BCUT2D eigenvalue weighted by molar-refractivity contribution is 0.0950. The average molecular weight is 338 g/mol. The molecule has 0 saturated carbocycles. The zero-order valence-electron chi connectivity index (χ0n) is 14.6. The monoisotopic (exact) mass is 338 g/mol. The fourth-order valence-electron chi connectivity index (χ4n) is 3.15. The lowest BCUT2D eigenvalue weighted by Gasteiger charge is -2.26. The van der Waals surface area contributed by atoms with E-state index in [0.29, 0.717) is 18.7 Å². The first-order valence-corrected chi connectivity index (χ1v) is 8.98. The number of aromatic nitrogens is 1. The predicted molar refractivity (Wildman–Crippen MR) is 98.9 cm³/mol. The summed E-state index contributed by atoms with van der Waals surface area (Å²) in [6, 6.07) is 12.0. The maximum absolute atomic E-state index is 12.2. The third kappa shape index (κ3) is 5.11. The highest BCUT2D eigenvalue weighted by Crippen LogP contribution is 2.13. The second kappa shape index (κ2) is 8.74. The zero-order chi connectivity index (χ0) is 17.5. The first kappa shape index (κ1) is 17.6. The SMILES string of the molecule is NCc1cc(C(=O)NCc2ccc(CN3CCCCC3)cc2)ccn1. The Balaban J connectivity index is 1.51. The first-order valence-electron chi connectivity index (χ1n) is 8.98. The molecular weight excluding hydrogens is 312 g/mol. The van der Waals surface area contributed by atoms with Gasteiger partial charge in [0.15, 0.2) is 0 Å². The number of hydrogen-bond donors (Lipinski definition) is 2. The van der Waals surface area contributed by atoms with Crippen LogP contribution in [0.4, 0.5) is 0 Å². The van der Waals surface area contributed by atoms with Gasteiger partial charge in [0.25, 0.3) is 5.91 Å². The fourth-order valence-corrected chi connectivity index (χ4v) is 3.15. The summed E-state index contributed by atoms with van der Waals surface area (Å²) < 4.78 is 0. The second-order valence-electron chi connectivity index (χ2n) is 6.58. The van der Waals surface area contributed by atoms with Crippen molar-refractivity contribution in [3.63, 3.8) is 0 Å². The van der Waals surface area contributed by atoms with Crippen molar-refractivity contribution in [1.82, 2.24) is 15.2 Å². The summed E-state index contributed by atoms with van der Waals surface area (Å²) in [6.07, 6.45) is 5.60. The fraction of sp³-hybridized carbons (Fsp3) is 0.400. The van der Waals surface area contributed by atoms with E-state index < -0.39 is 0 Å². The number of benzene rings is 1. The van der Waals surface area contributed by atoms with Crippen molar-refractivity contribution in [3.8, 4) is 0 Å². The Hall–Kier alpha value is -2.24. The van der Waals surface area contributed by atoms with Gasteiger partial charge in [-0.3, -0.25) is 14.7 Å². The van der Waals surface area contributed by atoms with Gasteiger partial charge in [-0.1, -0.05) is 30.7 Å². The Morgan fingerprint density at radius 2 is 1.80 bits per heavy atom. The number of carbonyl (C=O) groups excluding carboxylic acids is 1. The number of nitrogens with zero attached hydrogens (tertiary/aromatic N) is 2. The highest BCUT2D eigenvalue weighted by Gasteiger charge is 2.10. The van der Waals surface area contributed by atoms with Gasteiger partial charge >= 0.3 is 0 Å². The van der Waals surface area contributed by atoms with E-state index in [2.05, 4.69) is 39.5 Å². The van der Waals surface area contributed by atoms with Gasteiger partial charge in [0, 0.05) is 31.4 Å². The lowest BCUT2D eigenvalue weighted by atomic mass is 10.1. The summed E-state index contributed by atoms with van der Waals surface area (Å²) in [5.41, 5.74) is 9.31. The van der Waals surface area contributed by atoms with Crippen molar-refractivity contribution in [2.75, 3.05) is 13.1 Å². The average Bonchev–Trinajstić information content (AvgIpc) is 2.68. The number of nitrogens with one attached hydrogen (secondary N) is 1. The van der Waals surface area contributed by atoms with Gasteiger partial charge < -0.3 is 11.1 Å². The van der Waals surface area contributed by atoms with Crippen LogP contribution >= 0.6 is 0 Å². The van der Waals surface area contributed by atoms with Crippen LogP contribution < -0.4 is 11.1 Å². The molecule has 132 valence electrons. The molecule has 0 radical (unpaired) electrons. The van der Waals surface area contributed by atoms with Gasteiger partial charge in [-0.05, 0) is 49.2 Å². The minimum absolute atomic E-state index is 0.102. The van der Waals surface area contributed by atoms with Gasteiger partial charge in [-0.25, -0.2) is 0 Å².